The molecule has 2 aromatic rings. The number of nitrogen functional groups attached to an aromatic ring is 1. The molecule has 0 unspecified atom stereocenters. The second-order valence-corrected chi connectivity index (χ2v) is 4.88. The van der Waals surface area contributed by atoms with E-state index in [1.807, 2.05) is 43.3 Å². The maximum atomic E-state index is 5.96. The second-order valence-electron chi connectivity index (χ2n) is 4.88. The lowest BCUT2D eigenvalue weighted by Gasteiger charge is -2.09. The topological polar surface area (TPSA) is 44.5 Å². The molecular weight excluding hydrogens is 274 g/mol. The van der Waals surface area contributed by atoms with Gasteiger partial charge in [0.25, 0.3) is 0 Å². The molecule has 0 aromatic heterocycles. The van der Waals surface area contributed by atoms with Gasteiger partial charge < -0.3 is 15.2 Å². The van der Waals surface area contributed by atoms with Crippen LogP contribution in [0.5, 0.6) is 5.75 Å². The monoisotopic (exact) mass is 293 g/mol. The highest BCUT2D eigenvalue weighted by Gasteiger charge is 2.07. The lowest BCUT2D eigenvalue weighted by atomic mass is 10.0. The van der Waals surface area contributed by atoms with Gasteiger partial charge in [-0.2, -0.15) is 0 Å². The van der Waals surface area contributed by atoms with E-state index < -0.39 is 0 Å². The van der Waals surface area contributed by atoms with Crippen LogP contribution < -0.4 is 10.5 Å². The summed E-state index contributed by atoms with van der Waals surface area (Å²) in [6.07, 6.45) is 0. The number of nitrogens with two attached hydrogens (primary N) is 1. The number of aryl methyl sites for hydroxylation is 1. The summed E-state index contributed by atoms with van der Waals surface area (Å²) in [5.74, 6) is 7.52. The molecule has 112 valence electrons. The van der Waals surface area contributed by atoms with Gasteiger partial charge in [0.15, 0.2) is 0 Å². The molecule has 0 atom stereocenters. The second kappa shape index (κ2) is 6.73. The van der Waals surface area contributed by atoms with Crippen molar-refractivity contribution in [2.75, 3.05) is 20.0 Å². The molecule has 0 spiro atoms. The Labute approximate surface area is 131 Å². The summed E-state index contributed by atoms with van der Waals surface area (Å²) in [4.78, 5) is 0. The zero-order valence-corrected chi connectivity index (χ0v) is 13.1. The molecule has 2 aromatic carbocycles. The Morgan fingerprint density at radius 3 is 2.45 bits per heavy atom. The van der Waals surface area contributed by atoms with Crippen molar-refractivity contribution < 1.29 is 9.47 Å². The number of rotatable bonds is 3. The highest BCUT2D eigenvalue weighted by atomic mass is 16.5. The van der Waals surface area contributed by atoms with Crippen LogP contribution >= 0.6 is 0 Å². The molecule has 0 heterocycles. The van der Waals surface area contributed by atoms with E-state index in [0.29, 0.717) is 11.4 Å². The highest BCUT2D eigenvalue weighted by Crippen LogP contribution is 2.23. The van der Waals surface area contributed by atoms with Crippen LogP contribution in [0.2, 0.25) is 0 Å². The molecule has 0 saturated carbocycles. The summed E-state index contributed by atoms with van der Waals surface area (Å²) >= 11 is 0. The summed E-state index contributed by atoms with van der Waals surface area (Å²) in [5, 5.41) is 0. The van der Waals surface area contributed by atoms with Crippen molar-refractivity contribution in [2.24, 2.45) is 0 Å². The van der Waals surface area contributed by atoms with Crippen molar-refractivity contribution in [3.63, 3.8) is 0 Å². The summed E-state index contributed by atoms with van der Waals surface area (Å²) < 4.78 is 10.5. The van der Waals surface area contributed by atoms with Crippen LogP contribution in [0.1, 0.15) is 22.3 Å². The fourth-order valence-electron chi connectivity index (χ4n) is 2.01. The minimum atomic E-state index is 0.542. The van der Waals surface area contributed by atoms with E-state index in [1.165, 1.54) is 0 Å². The molecule has 2 N–H and O–H groups in total. The largest absolute Gasteiger partial charge is 0.497 e. The smallest absolute Gasteiger partial charge is 0.120 e. The summed E-state index contributed by atoms with van der Waals surface area (Å²) in [5.41, 5.74) is 10.2. The van der Waals surface area contributed by atoms with E-state index in [4.69, 9.17) is 15.2 Å². The van der Waals surface area contributed by atoms with E-state index in [1.54, 1.807) is 14.2 Å². The number of ether oxygens (including phenoxy) is 2. The Kier molecular flexibility index (Phi) is 4.75. The predicted octanol–water partition coefficient (Wildman–Crippen LogP) is 3.60. The summed E-state index contributed by atoms with van der Waals surface area (Å²) in [6.45, 7) is 5.91. The molecule has 0 amide bonds. The maximum absolute atomic E-state index is 5.96. The van der Waals surface area contributed by atoms with Crippen LogP contribution in [0, 0.1) is 18.8 Å². The molecule has 22 heavy (non-hydrogen) atoms. The lowest BCUT2D eigenvalue weighted by Crippen LogP contribution is -1.94. The Hall–Kier alpha value is -2.86. The fraction of sp³-hybridized carbons (Fsp3) is 0.158. The number of methoxy groups -OCH3 is 2. The third-order valence-electron chi connectivity index (χ3n) is 3.31. The van der Waals surface area contributed by atoms with E-state index in [9.17, 15) is 0 Å². The zero-order chi connectivity index (χ0) is 16.1. The molecule has 0 aliphatic heterocycles. The quantitative estimate of drug-likeness (QED) is 0.534. The molecule has 0 saturated heterocycles. The van der Waals surface area contributed by atoms with Gasteiger partial charge in [0.2, 0.25) is 0 Å². The lowest BCUT2D eigenvalue weighted by molar-refractivity contribution is 0.370. The molecular formula is C19H19NO2. The van der Waals surface area contributed by atoms with E-state index in [0.717, 1.165) is 28.0 Å². The molecule has 0 fully saturated rings. The van der Waals surface area contributed by atoms with Gasteiger partial charge in [0, 0.05) is 22.4 Å². The van der Waals surface area contributed by atoms with Crippen LogP contribution in [0.25, 0.3) is 5.76 Å². The number of benzene rings is 2. The average Bonchev–Trinajstić information content (AvgIpc) is 2.54. The zero-order valence-electron chi connectivity index (χ0n) is 13.1. The van der Waals surface area contributed by atoms with Crippen molar-refractivity contribution in [1.82, 2.24) is 0 Å². The van der Waals surface area contributed by atoms with Crippen LogP contribution in [0.15, 0.2) is 43.0 Å². The first kappa shape index (κ1) is 15.5. The normalized spacial score (nSPS) is 9.59. The summed E-state index contributed by atoms with van der Waals surface area (Å²) in [7, 11) is 3.20. The Morgan fingerprint density at radius 1 is 1.05 bits per heavy atom. The van der Waals surface area contributed by atoms with Crippen LogP contribution in [0.3, 0.4) is 0 Å². The number of hydrogen-bond donors (Lipinski definition) is 1. The Bertz CT molecular complexity index is 767. The molecule has 0 radical (unpaired) electrons. The van der Waals surface area contributed by atoms with Crippen molar-refractivity contribution in [3.05, 3.63) is 65.2 Å². The van der Waals surface area contributed by atoms with Gasteiger partial charge in [-0.05, 0) is 42.8 Å². The highest BCUT2D eigenvalue weighted by molar-refractivity contribution is 5.68. The fourth-order valence-corrected chi connectivity index (χ4v) is 2.01. The SMILES string of the molecule is C=C(OC)c1cc(OC)ccc1C#Cc1cc(C)ccc1N. The standard InChI is InChI=1S/C19H19NO2/c1-13-5-10-19(20)16(11-13)7-6-15-8-9-17(22-4)12-18(15)14(2)21-3/h5,8-12H,2,20H2,1,3-4H3. The molecule has 0 aliphatic rings. The molecule has 3 nitrogen and oxygen atoms in total. The molecule has 0 aliphatic carbocycles. The third-order valence-corrected chi connectivity index (χ3v) is 3.31. The van der Waals surface area contributed by atoms with Crippen LogP contribution in [-0.4, -0.2) is 14.2 Å². The summed E-state index contributed by atoms with van der Waals surface area (Å²) in [6, 6.07) is 11.4. The van der Waals surface area contributed by atoms with Crippen molar-refractivity contribution in [1.29, 1.82) is 0 Å². The van der Waals surface area contributed by atoms with Gasteiger partial charge in [-0.3, -0.25) is 0 Å². The van der Waals surface area contributed by atoms with E-state index >= 15 is 0 Å². The first-order valence-corrected chi connectivity index (χ1v) is 6.84. The van der Waals surface area contributed by atoms with Crippen molar-refractivity contribution in [3.8, 4) is 17.6 Å². The Morgan fingerprint density at radius 2 is 1.77 bits per heavy atom. The number of hydrogen-bond acceptors (Lipinski definition) is 3. The van der Waals surface area contributed by atoms with Crippen LogP contribution in [-0.2, 0) is 4.74 Å². The average molecular weight is 293 g/mol. The number of anilines is 1. The van der Waals surface area contributed by atoms with Gasteiger partial charge in [0.1, 0.15) is 11.5 Å². The van der Waals surface area contributed by atoms with Crippen LogP contribution in [0.4, 0.5) is 5.69 Å². The van der Waals surface area contributed by atoms with Crippen molar-refractivity contribution in [2.45, 2.75) is 6.92 Å². The molecule has 0 bridgehead atoms. The van der Waals surface area contributed by atoms with Gasteiger partial charge in [-0.15, -0.1) is 0 Å². The van der Waals surface area contributed by atoms with Gasteiger partial charge in [-0.25, -0.2) is 0 Å². The van der Waals surface area contributed by atoms with Gasteiger partial charge in [-0.1, -0.05) is 24.5 Å². The first-order chi connectivity index (χ1) is 10.5. The molecule has 3 heteroatoms. The minimum Gasteiger partial charge on any atom is -0.497 e. The van der Waals surface area contributed by atoms with Gasteiger partial charge >= 0.3 is 0 Å². The third kappa shape index (κ3) is 3.42. The van der Waals surface area contributed by atoms with E-state index in [-0.39, 0.29) is 0 Å². The molecule has 2 rings (SSSR count). The predicted molar refractivity (Wildman–Crippen MR) is 90.6 cm³/mol. The van der Waals surface area contributed by atoms with Gasteiger partial charge in [0.05, 0.1) is 14.2 Å². The first-order valence-electron chi connectivity index (χ1n) is 6.84. The minimum absolute atomic E-state index is 0.542. The Balaban J connectivity index is 2.48. The maximum Gasteiger partial charge on any atom is 0.120 e. The van der Waals surface area contributed by atoms with E-state index in [2.05, 4.69) is 18.4 Å². The van der Waals surface area contributed by atoms with Crippen molar-refractivity contribution >= 4 is 11.4 Å².